The van der Waals surface area contributed by atoms with Gasteiger partial charge in [-0.15, -0.1) is 0 Å². The second-order valence-corrected chi connectivity index (χ2v) is 6.38. The molecule has 130 valence electrons. The number of benzene rings is 2. The zero-order valence-electron chi connectivity index (χ0n) is 14.7. The number of carbonyl (C=O) groups excluding carboxylic acids is 2. The summed E-state index contributed by atoms with van der Waals surface area (Å²) in [7, 11) is 0. The Bertz CT molecular complexity index is 797. The van der Waals surface area contributed by atoms with Crippen LogP contribution >= 0.6 is 0 Å². The number of hydrogen-bond acceptors (Lipinski definition) is 4. The van der Waals surface area contributed by atoms with Crippen molar-refractivity contribution in [2.24, 2.45) is 0 Å². The molecule has 0 fully saturated rings. The quantitative estimate of drug-likeness (QED) is 0.669. The number of fused-ring (bicyclic) bond motifs is 2. The number of ether oxygens (including phenoxy) is 1. The summed E-state index contributed by atoms with van der Waals surface area (Å²) in [5, 5.41) is 3.41. The van der Waals surface area contributed by atoms with Crippen molar-refractivity contribution in [1.82, 2.24) is 5.32 Å². The molecule has 0 saturated heterocycles. The second-order valence-electron chi connectivity index (χ2n) is 6.38. The van der Waals surface area contributed by atoms with Crippen molar-refractivity contribution in [3.63, 3.8) is 0 Å². The van der Waals surface area contributed by atoms with Gasteiger partial charge in [-0.2, -0.15) is 0 Å². The number of hydrogen-bond donors (Lipinski definition) is 1. The first-order valence-electron chi connectivity index (χ1n) is 8.80. The van der Waals surface area contributed by atoms with E-state index in [1.807, 2.05) is 0 Å². The van der Waals surface area contributed by atoms with Crippen molar-refractivity contribution in [1.29, 1.82) is 0 Å². The third kappa shape index (κ3) is 3.64. The molecular formula is C21H23NO3. The summed E-state index contributed by atoms with van der Waals surface area (Å²) in [6.45, 7) is 5.77. The van der Waals surface area contributed by atoms with Crippen LogP contribution in [0.2, 0.25) is 0 Å². The molecule has 2 aromatic carbocycles. The summed E-state index contributed by atoms with van der Waals surface area (Å²) in [5.41, 5.74) is 1.83. The SMILES string of the molecule is CCC(C)NCCCOc1ccc2c(c1)C(=O)c1ccccc1C2=O. The zero-order chi connectivity index (χ0) is 17.8. The van der Waals surface area contributed by atoms with Crippen LogP contribution in [0.1, 0.15) is 58.5 Å². The van der Waals surface area contributed by atoms with Gasteiger partial charge in [-0.1, -0.05) is 31.2 Å². The van der Waals surface area contributed by atoms with Crippen molar-refractivity contribution in [2.75, 3.05) is 13.2 Å². The van der Waals surface area contributed by atoms with Crippen molar-refractivity contribution in [3.05, 3.63) is 64.7 Å². The lowest BCUT2D eigenvalue weighted by Crippen LogP contribution is -2.27. The van der Waals surface area contributed by atoms with E-state index >= 15 is 0 Å². The normalized spacial score (nSPS) is 14.0. The summed E-state index contributed by atoms with van der Waals surface area (Å²) in [6.07, 6.45) is 1.99. The minimum Gasteiger partial charge on any atom is -0.494 e. The number of carbonyl (C=O) groups is 2. The highest BCUT2D eigenvalue weighted by atomic mass is 16.5. The monoisotopic (exact) mass is 337 g/mol. The van der Waals surface area contributed by atoms with Gasteiger partial charge in [-0.25, -0.2) is 0 Å². The van der Waals surface area contributed by atoms with E-state index in [1.54, 1.807) is 42.5 Å². The van der Waals surface area contributed by atoms with E-state index in [9.17, 15) is 9.59 Å². The highest BCUT2D eigenvalue weighted by molar-refractivity contribution is 6.28. The van der Waals surface area contributed by atoms with Crippen LogP contribution in [0, 0.1) is 0 Å². The maximum Gasteiger partial charge on any atom is 0.194 e. The molecule has 1 N–H and O–H groups in total. The average molecular weight is 337 g/mol. The summed E-state index contributed by atoms with van der Waals surface area (Å²) in [5.74, 6) is 0.409. The molecule has 0 aliphatic heterocycles. The molecule has 3 rings (SSSR count). The molecule has 0 aromatic heterocycles. The lowest BCUT2D eigenvalue weighted by atomic mass is 9.84. The molecule has 0 spiro atoms. The van der Waals surface area contributed by atoms with Gasteiger partial charge in [-0.05, 0) is 44.5 Å². The molecule has 0 saturated carbocycles. The standard InChI is InChI=1S/C21H23NO3/c1-3-14(2)22-11-6-12-25-15-9-10-18-19(13-15)21(24)17-8-5-4-7-16(17)20(18)23/h4-5,7-10,13-14,22H,3,6,11-12H2,1-2H3. The van der Waals surface area contributed by atoms with Crippen LogP contribution in [0.25, 0.3) is 0 Å². The van der Waals surface area contributed by atoms with E-state index in [-0.39, 0.29) is 11.6 Å². The van der Waals surface area contributed by atoms with Crippen LogP contribution in [0.5, 0.6) is 5.75 Å². The van der Waals surface area contributed by atoms with Crippen LogP contribution in [-0.2, 0) is 0 Å². The molecule has 25 heavy (non-hydrogen) atoms. The molecule has 1 aliphatic carbocycles. The molecule has 0 bridgehead atoms. The third-order valence-corrected chi connectivity index (χ3v) is 4.59. The number of rotatable bonds is 7. The summed E-state index contributed by atoms with van der Waals surface area (Å²) in [6, 6.07) is 12.6. The molecule has 0 radical (unpaired) electrons. The first-order valence-corrected chi connectivity index (χ1v) is 8.80. The van der Waals surface area contributed by atoms with Crippen LogP contribution < -0.4 is 10.1 Å². The lowest BCUT2D eigenvalue weighted by Gasteiger charge is -2.18. The number of ketones is 2. The molecule has 4 heteroatoms. The Balaban J connectivity index is 1.68. The molecular weight excluding hydrogens is 314 g/mol. The smallest absolute Gasteiger partial charge is 0.194 e. The minimum atomic E-state index is -0.117. The summed E-state index contributed by atoms with van der Waals surface area (Å²) in [4.78, 5) is 25.2. The Kier molecular flexibility index (Phi) is 5.29. The maximum absolute atomic E-state index is 12.7. The summed E-state index contributed by atoms with van der Waals surface area (Å²) < 4.78 is 5.76. The lowest BCUT2D eigenvalue weighted by molar-refractivity contribution is 0.0978. The first kappa shape index (κ1) is 17.4. The predicted molar refractivity (Wildman–Crippen MR) is 97.6 cm³/mol. The van der Waals surface area contributed by atoms with Crippen molar-refractivity contribution < 1.29 is 14.3 Å². The number of nitrogens with one attached hydrogen (secondary N) is 1. The maximum atomic E-state index is 12.7. The van der Waals surface area contributed by atoms with Gasteiger partial charge >= 0.3 is 0 Å². The van der Waals surface area contributed by atoms with Crippen LogP contribution in [0.3, 0.4) is 0 Å². The second kappa shape index (κ2) is 7.62. The van der Waals surface area contributed by atoms with Crippen molar-refractivity contribution in [2.45, 2.75) is 32.7 Å². The Hall–Kier alpha value is -2.46. The van der Waals surface area contributed by atoms with E-state index in [0.29, 0.717) is 40.7 Å². The average Bonchev–Trinajstić information content (AvgIpc) is 2.65. The molecule has 0 heterocycles. The Morgan fingerprint density at radius 3 is 2.28 bits per heavy atom. The first-order chi connectivity index (χ1) is 12.1. The Morgan fingerprint density at radius 2 is 1.60 bits per heavy atom. The fraction of sp³-hybridized carbons (Fsp3) is 0.333. The topological polar surface area (TPSA) is 55.4 Å². The van der Waals surface area contributed by atoms with E-state index < -0.39 is 0 Å². The van der Waals surface area contributed by atoms with E-state index in [1.165, 1.54) is 0 Å². The highest BCUT2D eigenvalue weighted by Gasteiger charge is 2.29. The van der Waals surface area contributed by atoms with Crippen LogP contribution in [0.15, 0.2) is 42.5 Å². The third-order valence-electron chi connectivity index (χ3n) is 4.59. The Morgan fingerprint density at radius 1 is 0.960 bits per heavy atom. The van der Waals surface area contributed by atoms with E-state index in [4.69, 9.17) is 4.74 Å². The fourth-order valence-corrected chi connectivity index (χ4v) is 2.92. The molecule has 4 nitrogen and oxygen atoms in total. The van der Waals surface area contributed by atoms with Gasteiger partial charge in [0.05, 0.1) is 6.61 Å². The van der Waals surface area contributed by atoms with E-state index in [2.05, 4.69) is 19.2 Å². The van der Waals surface area contributed by atoms with E-state index in [0.717, 1.165) is 19.4 Å². The minimum absolute atomic E-state index is 0.102. The van der Waals surface area contributed by atoms with Gasteiger partial charge in [0.1, 0.15) is 5.75 Å². The van der Waals surface area contributed by atoms with Gasteiger partial charge in [0.2, 0.25) is 0 Å². The van der Waals surface area contributed by atoms with Gasteiger partial charge in [0, 0.05) is 28.3 Å². The largest absolute Gasteiger partial charge is 0.494 e. The predicted octanol–water partition coefficient (Wildman–Crippen LogP) is 3.62. The zero-order valence-corrected chi connectivity index (χ0v) is 14.7. The highest BCUT2D eigenvalue weighted by Crippen LogP contribution is 2.29. The van der Waals surface area contributed by atoms with Crippen LogP contribution in [-0.4, -0.2) is 30.8 Å². The van der Waals surface area contributed by atoms with Crippen LogP contribution in [0.4, 0.5) is 0 Å². The van der Waals surface area contributed by atoms with Gasteiger partial charge in [0.15, 0.2) is 11.6 Å². The van der Waals surface area contributed by atoms with Crippen molar-refractivity contribution >= 4 is 11.6 Å². The molecule has 1 unspecified atom stereocenters. The fourth-order valence-electron chi connectivity index (χ4n) is 2.92. The van der Waals surface area contributed by atoms with Gasteiger partial charge in [0.25, 0.3) is 0 Å². The summed E-state index contributed by atoms with van der Waals surface area (Å²) >= 11 is 0. The molecule has 1 aliphatic rings. The molecule has 0 amide bonds. The van der Waals surface area contributed by atoms with Gasteiger partial charge < -0.3 is 10.1 Å². The molecule has 1 atom stereocenters. The van der Waals surface area contributed by atoms with Gasteiger partial charge in [-0.3, -0.25) is 9.59 Å². The molecule has 2 aromatic rings. The Labute approximate surface area is 148 Å². The van der Waals surface area contributed by atoms with Crippen molar-refractivity contribution in [3.8, 4) is 5.75 Å².